The van der Waals surface area contributed by atoms with Gasteiger partial charge in [0.15, 0.2) is 17.2 Å². The van der Waals surface area contributed by atoms with Crippen molar-refractivity contribution < 1.29 is 14.3 Å². The quantitative estimate of drug-likeness (QED) is 0.645. The summed E-state index contributed by atoms with van der Waals surface area (Å²) in [6.07, 6.45) is 6.73. The maximum Gasteiger partial charge on any atom is 0.234 e. The largest absolute Gasteiger partial charge is 0.493 e. The fraction of sp³-hybridized carbons (Fsp3) is 0.400. The molecule has 2 aromatic carbocycles. The molecule has 0 unspecified atom stereocenters. The number of hydrogen-bond acceptors (Lipinski definition) is 6. The summed E-state index contributed by atoms with van der Waals surface area (Å²) < 4.78 is 10.6. The molecule has 1 spiro atoms. The molecule has 1 amide bonds. The van der Waals surface area contributed by atoms with Crippen molar-refractivity contribution in [1.82, 2.24) is 0 Å². The molecular weight excluding hydrogens is 422 g/mol. The first-order valence-corrected chi connectivity index (χ1v) is 12.0. The predicted molar refractivity (Wildman–Crippen MR) is 131 cm³/mol. The molecule has 0 bridgehead atoms. The molecular formula is C25H29N3O3S. The van der Waals surface area contributed by atoms with Crippen LogP contribution in [0.2, 0.25) is 0 Å². The summed E-state index contributed by atoms with van der Waals surface area (Å²) >= 11 is 1.46. The summed E-state index contributed by atoms with van der Waals surface area (Å²) in [5, 5.41) is 3.80. The van der Waals surface area contributed by atoms with E-state index in [0.29, 0.717) is 17.2 Å². The van der Waals surface area contributed by atoms with Gasteiger partial charge in [-0.15, -0.1) is 0 Å². The number of nitrogens with one attached hydrogen (secondary N) is 1. The molecule has 2 aromatic rings. The lowest BCUT2D eigenvalue weighted by molar-refractivity contribution is -0.113. The molecule has 1 saturated carbocycles. The molecule has 0 atom stereocenters. The zero-order chi connectivity index (χ0) is 22.4. The molecule has 168 valence electrons. The summed E-state index contributed by atoms with van der Waals surface area (Å²) in [6, 6.07) is 15.5. The smallest absolute Gasteiger partial charge is 0.234 e. The van der Waals surface area contributed by atoms with E-state index in [1.165, 1.54) is 24.6 Å². The Morgan fingerprint density at radius 3 is 2.38 bits per heavy atom. The van der Waals surface area contributed by atoms with Crippen LogP contribution in [0, 0.1) is 0 Å². The molecule has 6 nitrogen and oxygen atoms in total. The third-order valence-electron chi connectivity index (χ3n) is 5.79. The average Bonchev–Trinajstić information content (AvgIpc) is 3.02. The number of carbonyl (C=O) groups excluding carboxylic acids is 1. The maximum absolute atomic E-state index is 12.7. The van der Waals surface area contributed by atoms with Crippen molar-refractivity contribution in [3.05, 3.63) is 54.1 Å². The van der Waals surface area contributed by atoms with E-state index in [9.17, 15) is 4.79 Å². The fourth-order valence-corrected chi connectivity index (χ4v) is 5.05. The highest BCUT2D eigenvalue weighted by Gasteiger charge is 2.37. The van der Waals surface area contributed by atoms with Gasteiger partial charge >= 0.3 is 0 Å². The second-order valence-corrected chi connectivity index (χ2v) is 9.01. The molecule has 1 fully saturated rings. The molecule has 4 rings (SSSR count). The zero-order valence-corrected chi connectivity index (χ0v) is 19.4. The van der Waals surface area contributed by atoms with Gasteiger partial charge in [0.25, 0.3) is 0 Å². The lowest BCUT2D eigenvalue weighted by Crippen LogP contribution is -2.20. The lowest BCUT2D eigenvalue weighted by atomic mass is 10.0. The van der Waals surface area contributed by atoms with Crippen LogP contribution >= 0.6 is 11.8 Å². The number of hydrogen-bond donors (Lipinski definition) is 1. The van der Waals surface area contributed by atoms with Gasteiger partial charge < -0.3 is 14.8 Å². The zero-order valence-electron chi connectivity index (χ0n) is 18.6. The minimum atomic E-state index is -0.357. The highest BCUT2D eigenvalue weighted by Crippen LogP contribution is 2.38. The number of aliphatic imine (C=N–C) groups is 2. The number of rotatable bonds is 6. The Labute approximate surface area is 193 Å². The summed E-state index contributed by atoms with van der Waals surface area (Å²) in [6.45, 7) is 0. The van der Waals surface area contributed by atoms with Crippen molar-refractivity contribution >= 4 is 34.1 Å². The molecule has 1 heterocycles. The van der Waals surface area contributed by atoms with E-state index >= 15 is 0 Å². The minimum Gasteiger partial charge on any atom is -0.493 e. The molecule has 7 heteroatoms. The van der Waals surface area contributed by atoms with Crippen molar-refractivity contribution in [2.45, 2.75) is 44.2 Å². The number of amides is 1. The van der Waals surface area contributed by atoms with E-state index in [1.54, 1.807) is 32.4 Å². The SMILES string of the molecule is COc1ccc(NC(=O)CSC2=NC3(CCCCCC3)N=C2c2ccccc2)cc1OC. The summed E-state index contributed by atoms with van der Waals surface area (Å²) in [4.78, 5) is 22.9. The van der Waals surface area contributed by atoms with Crippen LogP contribution in [0.25, 0.3) is 0 Å². The Hall–Kier alpha value is -2.80. The van der Waals surface area contributed by atoms with Crippen LogP contribution in [0.5, 0.6) is 11.5 Å². The number of carbonyl (C=O) groups is 1. The first kappa shape index (κ1) is 22.4. The van der Waals surface area contributed by atoms with Crippen LogP contribution in [0.4, 0.5) is 5.69 Å². The topological polar surface area (TPSA) is 72.3 Å². The summed E-state index contributed by atoms with van der Waals surface area (Å²) in [7, 11) is 3.16. The number of thioether (sulfide) groups is 1. The minimum absolute atomic E-state index is 0.0980. The Morgan fingerprint density at radius 1 is 0.969 bits per heavy atom. The van der Waals surface area contributed by atoms with Crippen LogP contribution in [0.3, 0.4) is 0 Å². The van der Waals surface area contributed by atoms with Gasteiger partial charge in [0.1, 0.15) is 5.04 Å². The number of anilines is 1. The van der Waals surface area contributed by atoms with E-state index in [1.807, 2.05) is 18.2 Å². The van der Waals surface area contributed by atoms with E-state index in [2.05, 4.69) is 17.4 Å². The standard InChI is InChI=1S/C25H29N3O3S/c1-30-20-13-12-19(16-21(20)31-2)26-22(29)17-32-24-23(18-10-6-5-7-11-18)27-25(28-24)14-8-3-4-9-15-25/h5-7,10-13,16H,3-4,8-9,14-15,17H2,1-2H3,(H,26,29). The van der Waals surface area contributed by atoms with Crippen molar-refractivity contribution in [2.75, 3.05) is 25.3 Å². The van der Waals surface area contributed by atoms with Gasteiger partial charge in [-0.3, -0.25) is 9.79 Å². The van der Waals surface area contributed by atoms with Gasteiger partial charge in [-0.2, -0.15) is 0 Å². The van der Waals surface area contributed by atoms with Crippen molar-refractivity contribution in [3.63, 3.8) is 0 Å². The predicted octanol–water partition coefficient (Wildman–Crippen LogP) is 5.33. The molecule has 1 aliphatic carbocycles. The first-order valence-electron chi connectivity index (χ1n) is 11.0. The van der Waals surface area contributed by atoms with E-state index in [-0.39, 0.29) is 17.3 Å². The molecule has 1 aliphatic heterocycles. The molecule has 0 aromatic heterocycles. The van der Waals surface area contributed by atoms with Gasteiger partial charge in [-0.25, -0.2) is 4.99 Å². The van der Waals surface area contributed by atoms with Gasteiger partial charge in [0.2, 0.25) is 5.91 Å². The highest BCUT2D eigenvalue weighted by atomic mass is 32.2. The second-order valence-electron chi connectivity index (χ2n) is 8.05. The van der Waals surface area contributed by atoms with E-state index < -0.39 is 0 Å². The monoisotopic (exact) mass is 451 g/mol. The van der Waals surface area contributed by atoms with Gasteiger partial charge in [0.05, 0.1) is 25.7 Å². The van der Waals surface area contributed by atoms with E-state index in [0.717, 1.165) is 42.0 Å². The van der Waals surface area contributed by atoms with Crippen LogP contribution < -0.4 is 14.8 Å². The second kappa shape index (κ2) is 10.2. The maximum atomic E-state index is 12.7. The Morgan fingerprint density at radius 2 is 1.69 bits per heavy atom. The van der Waals surface area contributed by atoms with Crippen LogP contribution in [-0.4, -0.2) is 42.3 Å². The van der Waals surface area contributed by atoms with Crippen LogP contribution in [0.15, 0.2) is 58.5 Å². The Bertz CT molecular complexity index is 1010. The van der Waals surface area contributed by atoms with Gasteiger partial charge in [-0.05, 0) is 37.8 Å². The van der Waals surface area contributed by atoms with Crippen molar-refractivity contribution in [2.24, 2.45) is 9.98 Å². The van der Waals surface area contributed by atoms with Gasteiger partial charge in [0, 0.05) is 17.3 Å². The number of benzene rings is 2. The Balaban J connectivity index is 1.48. The van der Waals surface area contributed by atoms with Crippen LogP contribution in [0.1, 0.15) is 44.1 Å². The van der Waals surface area contributed by atoms with Crippen LogP contribution in [-0.2, 0) is 4.79 Å². The molecule has 2 aliphatic rings. The number of ether oxygens (including phenoxy) is 2. The van der Waals surface area contributed by atoms with E-state index in [4.69, 9.17) is 19.5 Å². The first-order chi connectivity index (χ1) is 15.6. The lowest BCUT2D eigenvalue weighted by Gasteiger charge is -2.20. The molecule has 0 radical (unpaired) electrons. The summed E-state index contributed by atoms with van der Waals surface area (Å²) in [5.41, 5.74) is 2.28. The number of methoxy groups -OCH3 is 2. The molecule has 1 N–H and O–H groups in total. The number of nitrogens with zero attached hydrogens (tertiary/aromatic N) is 2. The third kappa shape index (κ3) is 5.15. The van der Waals surface area contributed by atoms with Gasteiger partial charge in [-0.1, -0.05) is 54.9 Å². The summed E-state index contributed by atoms with van der Waals surface area (Å²) in [5.74, 6) is 1.36. The highest BCUT2D eigenvalue weighted by molar-refractivity contribution is 8.16. The normalized spacial score (nSPS) is 17.3. The molecule has 0 saturated heterocycles. The third-order valence-corrected chi connectivity index (χ3v) is 6.76. The van der Waals surface area contributed by atoms with Crippen molar-refractivity contribution in [1.29, 1.82) is 0 Å². The van der Waals surface area contributed by atoms with Crippen molar-refractivity contribution in [3.8, 4) is 11.5 Å². The Kier molecular flexibility index (Phi) is 7.15. The fourth-order valence-electron chi connectivity index (χ4n) is 4.17. The average molecular weight is 452 g/mol. The molecule has 32 heavy (non-hydrogen) atoms.